The third-order valence-corrected chi connectivity index (χ3v) is 4.64. The highest BCUT2D eigenvalue weighted by molar-refractivity contribution is 7.10. The van der Waals surface area contributed by atoms with Gasteiger partial charge >= 0.3 is 0 Å². The number of aromatic nitrogens is 2. The van der Waals surface area contributed by atoms with Crippen LogP contribution in [0.3, 0.4) is 0 Å². The summed E-state index contributed by atoms with van der Waals surface area (Å²) in [5.74, 6) is 0.477. The molecule has 3 heterocycles. The largest absolute Gasteiger partial charge is 0.378 e. The predicted molar refractivity (Wildman–Crippen MR) is 93.8 cm³/mol. The first-order chi connectivity index (χ1) is 11.6. The molecule has 1 aliphatic heterocycles. The zero-order valence-electron chi connectivity index (χ0n) is 13.4. The van der Waals surface area contributed by atoms with Crippen molar-refractivity contribution in [3.8, 4) is 0 Å². The van der Waals surface area contributed by atoms with Gasteiger partial charge in [-0.05, 0) is 30.6 Å². The van der Waals surface area contributed by atoms with Crippen LogP contribution in [-0.4, -0.2) is 47.9 Å². The Hall–Kier alpha value is -2.68. The molecule has 3 N–H and O–H groups in total. The molecular formula is C15H18N6O2S. The summed E-state index contributed by atoms with van der Waals surface area (Å²) in [5.41, 5.74) is 1.82. The van der Waals surface area contributed by atoms with Crippen LogP contribution in [-0.2, 0) is 4.79 Å². The van der Waals surface area contributed by atoms with E-state index in [0.29, 0.717) is 35.9 Å². The molecule has 0 aliphatic carbocycles. The molecule has 1 saturated heterocycles. The summed E-state index contributed by atoms with van der Waals surface area (Å²) in [6, 6.07) is 3.58. The van der Waals surface area contributed by atoms with Gasteiger partial charge in [-0.15, -0.1) is 0 Å². The fourth-order valence-corrected chi connectivity index (χ4v) is 3.23. The van der Waals surface area contributed by atoms with Crippen molar-refractivity contribution < 1.29 is 9.59 Å². The highest BCUT2D eigenvalue weighted by Gasteiger charge is 2.19. The van der Waals surface area contributed by atoms with Crippen molar-refractivity contribution in [1.29, 1.82) is 0 Å². The summed E-state index contributed by atoms with van der Waals surface area (Å²) in [4.78, 5) is 30.1. The van der Waals surface area contributed by atoms with Crippen molar-refractivity contribution in [1.82, 2.24) is 14.7 Å². The number of pyridine rings is 1. The standard InChI is InChI=1S/C15H18N6O2S/c1-9-13(15(16-2)24-20-9)14(23)19-10-3-4-11(18-7-10)21-6-5-17-12(22)8-21/h3-4,7,16H,5-6,8H2,1-2H3,(H,17,22)(H,19,23). The molecule has 9 heteroatoms. The lowest BCUT2D eigenvalue weighted by atomic mass is 10.2. The number of hydrogen-bond donors (Lipinski definition) is 3. The Morgan fingerprint density at radius 1 is 1.42 bits per heavy atom. The quantitative estimate of drug-likeness (QED) is 0.766. The number of hydrogen-bond acceptors (Lipinski definition) is 7. The van der Waals surface area contributed by atoms with Crippen molar-refractivity contribution in [2.45, 2.75) is 6.92 Å². The number of aryl methyl sites for hydroxylation is 1. The molecule has 2 aromatic heterocycles. The van der Waals surface area contributed by atoms with E-state index in [9.17, 15) is 9.59 Å². The summed E-state index contributed by atoms with van der Waals surface area (Å²) >= 11 is 1.25. The highest BCUT2D eigenvalue weighted by Crippen LogP contribution is 2.25. The lowest BCUT2D eigenvalue weighted by Gasteiger charge is -2.27. The lowest BCUT2D eigenvalue weighted by molar-refractivity contribution is -0.120. The van der Waals surface area contributed by atoms with E-state index in [1.807, 2.05) is 4.90 Å². The summed E-state index contributed by atoms with van der Waals surface area (Å²) in [7, 11) is 1.76. The van der Waals surface area contributed by atoms with E-state index >= 15 is 0 Å². The predicted octanol–water partition coefficient (Wildman–Crippen LogP) is 1.08. The van der Waals surface area contributed by atoms with E-state index in [-0.39, 0.29) is 11.8 Å². The van der Waals surface area contributed by atoms with E-state index in [4.69, 9.17) is 0 Å². The number of anilines is 3. The van der Waals surface area contributed by atoms with Crippen LogP contribution in [0.2, 0.25) is 0 Å². The summed E-state index contributed by atoms with van der Waals surface area (Å²) in [5, 5.41) is 9.31. The molecule has 2 amide bonds. The lowest BCUT2D eigenvalue weighted by Crippen LogP contribution is -2.48. The number of nitrogens with one attached hydrogen (secondary N) is 3. The number of amides is 2. The summed E-state index contributed by atoms with van der Waals surface area (Å²) < 4.78 is 4.19. The van der Waals surface area contributed by atoms with Crippen LogP contribution in [0.1, 0.15) is 16.1 Å². The number of piperazine rings is 1. The maximum absolute atomic E-state index is 12.4. The Morgan fingerprint density at radius 2 is 2.25 bits per heavy atom. The Balaban J connectivity index is 1.71. The van der Waals surface area contributed by atoms with E-state index in [2.05, 4.69) is 25.3 Å². The van der Waals surface area contributed by atoms with Gasteiger partial charge in [0, 0.05) is 20.1 Å². The van der Waals surface area contributed by atoms with Gasteiger partial charge in [0.1, 0.15) is 10.8 Å². The fourth-order valence-electron chi connectivity index (χ4n) is 2.48. The molecule has 8 nitrogen and oxygen atoms in total. The SMILES string of the molecule is CNc1snc(C)c1C(=O)Nc1ccc(N2CCNC(=O)C2)nc1. The third kappa shape index (κ3) is 3.30. The molecule has 0 atom stereocenters. The van der Waals surface area contributed by atoms with E-state index in [1.165, 1.54) is 11.5 Å². The van der Waals surface area contributed by atoms with Crippen LogP contribution in [0.15, 0.2) is 18.3 Å². The molecule has 24 heavy (non-hydrogen) atoms. The van der Waals surface area contributed by atoms with Crippen molar-refractivity contribution in [2.75, 3.05) is 42.2 Å². The topological polar surface area (TPSA) is 99.3 Å². The van der Waals surface area contributed by atoms with Gasteiger partial charge < -0.3 is 20.9 Å². The molecule has 0 saturated carbocycles. The van der Waals surface area contributed by atoms with Gasteiger partial charge in [-0.1, -0.05) is 0 Å². The molecule has 0 bridgehead atoms. The molecule has 0 spiro atoms. The Morgan fingerprint density at radius 3 is 2.92 bits per heavy atom. The monoisotopic (exact) mass is 346 g/mol. The minimum absolute atomic E-state index is 0.0135. The number of rotatable bonds is 4. The Labute approximate surface area is 143 Å². The maximum Gasteiger partial charge on any atom is 0.260 e. The van der Waals surface area contributed by atoms with Crippen molar-refractivity contribution in [3.63, 3.8) is 0 Å². The molecule has 3 rings (SSSR count). The Kier molecular flexibility index (Phi) is 4.61. The minimum Gasteiger partial charge on any atom is -0.378 e. The van der Waals surface area contributed by atoms with Gasteiger partial charge in [-0.3, -0.25) is 9.59 Å². The van der Waals surface area contributed by atoms with E-state index in [0.717, 1.165) is 11.5 Å². The number of carbonyl (C=O) groups is 2. The first kappa shape index (κ1) is 16.2. The maximum atomic E-state index is 12.4. The smallest absolute Gasteiger partial charge is 0.260 e. The molecule has 0 unspecified atom stereocenters. The first-order valence-corrected chi connectivity index (χ1v) is 8.29. The zero-order valence-corrected chi connectivity index (χ0v) is 14.2. The summed E-state index contributed by atoms with van der Waals surface area (Å²) in [6.07, 6.45) is 1.59. The van der Waals surface area contributed by atoms with Gasteiger partial charge in [-0.25, -0.2) is 4.98 Å². The first-order valence-electron chi connectivity index (χ1n) is 7.51. The molecule has 1 aliphatic rings. The molecule has 126 valence electrons. The zero-order chi connectivity index (χ0) is 17.1. The number of nitrogens with zero attached hydrogens (tertiary/aromatic N) is 3. The van der Waals surface area contributed by atoms with Gasteiger partial charge in [-0.2, -0.15) is 4.37 Å². The third-order valence-electron chi connectivity index (χ3n) is 3.68. The van der Waals surface area contributed by atoms with Crippen molar-refractivity contribution in [3.05, 3.63) is 29.6 Å². The van der Waals surface area contributed by atoms with Gasteiger partial charge in [0.05, 0.1) is 29.7 Å². The highest BCUT2D eigenvalue weighted by atomic mass is 32.1. The molecule has 2 aromatic rings. The normalized spacial score (nSPS) is 14.2. The van der Waals surface area contributed by atoms with Crippen molar-refractivity contribution in [2.24, 2.45) is 0 Å². The second kappa shape index (κ2) is 6.83. The second-order valence-corrected chi connectivity index (χ2v) is 6.13. The number of carbonyl (C=O) groups excluding carboxylic acids is 2. The second-order valence-electron chi connectivity index (χ2n) is 5.35. The van der Waals surface area contributed by atoms with Crippen LogP contribution >= 0.6 is 11.5 Å². The van der Waals surface area contributed by atoms with Crippen LogP contribution in [0.4, 0.5) is 16.5 Å². The average Bonchev–Trinajstić information content (AvgIpc) is 2.96. The van der Waals surface area contributed by atoms with Crippen molar-refractivity contribution >= 4 is 39.9 Å². The van der Waals surface area contributed by atoms with Crippen LogP contribution in [0.25, 0.3) is 0 Å². The van der Waals surface area contributed by atoms with Crippen LogP contribution in [0, 0.1) is 6.92 Å². The summed E-state index contributed by atoms with van der Waals surface area (Å²) in [6.45, 7) is 3.42. The average molecular weight is 346 g/mol. The van der Waals surface area contributed by atoms with Crippen LogP contribution in [0.5, 0.6) is 0 Å². The molecule has 1 fully saturated rings. The Bertz CT molecular complexity index is 758. The van der Waals surface area contributed by atoms with Gasteiger partial charge in [0.2, 0.25) is 5.91 Å². The minimum atomic E-state index is -0.225. The van der Waals surface area contributed by atoms with Gasteiger partial charge in [0.15, 0.2) is 0 Å². The molecule has 0 radical (unpaired) electrons. The molecule has 0 aromatic carbocycles. The molecular weight excluding hydrogens is 328 g/mol. The van der Waals surface area contributed by atoms with E-state index in [1.54, 1.807) is 32.3 Å². The fraction of sp³-hybridized carbons (Fsp3) is 0.333. The van der Waals surface area contributed by atoms with Gasteiger partial charge in [0.25, 0.3) is 5.91 Å². The van der Waals surface area contributed by atoms with E-state index < -0.39 is 0 Å². The van der Waals surface area contributed by atoms with Crippen LogP contribution < -0.4 is 20.9 Å².